The van der Waals surface area contributed by atoms with Gasteiger partial charge in [0, 0.05) is 12.3 Å². The molecule has 15 heavy (non-hydrogen) atoms. The van der Waals surface area contributed by atoms with Crippen LogP contribution in [0, 0.1) is 0 Å². The van der Waals surface area contributed by atoms with Crippen molar-refractivity contribution in [3.63, 3.8) is 0 Å². The SMILES string of the molecule is FC1CN(c2n[nH]c3cc(Cl)ncc23)C1. The quantitative estimate of drug-likeness (QED) is 0.754. The van der Waals surface area contributed by atoms with Gasteiger partial charge >= 0.3 is 0 Å². The van der Waals surface area contributed by atoms with Gasteiger partial charge in [-0.25, -0.2) is 9.37 Å². The standard InChI is InChI=1S/C9H8ClFN4/c10-8-1-7-6(2-12-8)9(14-13-7)15-3-5(11)4-15/h1-2,5H,3-4H2,(H,13,14). The maximum atomic E-state index is 12.7. The summed E-state index contributed by atoms with van der Waals surface area (Å²) in [5.41, 5.74) is 0.826. The fraction of sp³-hybridized carbons (Fsp3) is 0.333. The Morgan fingerprint density at radius 2 is 2.33 bits per heavy atom. The molecule has 0 aliphatic carbocycles. The molecular formula is C9H8ClFN4. The molecule has 0 aromatic carbocycles. The van der Waals surface area contributed by atoms with Gasteiger partial charge in [0.15, 0.2) is 5.82 Å². The molecule has 1 fully saturated rings. The highest BCUT2D eigenvalue weighted by molar-refractivity contribution is 6.30. The third-order valence-electron chi connectivity index (χ3n) is 2.53. The monoisotopic (exact) mass is 226 g/mol. The number of aromatic nitrogens is 3. The van der Waals surface area contributed by atoms with Crippen molar-refractivity contribution in [2.45, 2.75) is 6.17 Å². The van der Waals surface area contributed by atoms with Crippen molar-refractivity contribution >= 4 is 28.3 Å². The van der Waals surface area contributed by atoms with E-state index in [1.165, 1.54) is 0 Å². The van der Waals surface area contributed by atoms with E-state index in [9.17, 15) is 4.39 Å². The van der Waals surface area contributed by atoms with Crippen LogP contribution < -0.4 is 4.90 Å². The minimum atomic E-state index is -0.739. The molecule has 0 saturated carbocycles. The van der Waals surface area contributed by atoms with Crippen LogP contribution in [0.4, 0.5) is 10.2 Å². The zero-order chi connectivity index (χ0) is 10.4. The van der Waals surface area contributed by atoms with Gasteiger partial charge < -0.3 is 4.90 Å². The number of anilines is 1. The highest BCUT2D eigenvalue weighted by Crippen LogP contribution is 2.28. The highest BCUT2D eigenvalue weighted by Gasteiger charge is 2.29. The molecule has 2 aromatic heterocycles. The van der Waals surface area contributed by atoms with Crippen molar-refractivity contribution in [2.24, 2.45) is 0 Å². The third-order valence-corrected chi connectivity index (χ3v) is 2.74. The lowest BCUT2D eigenvalue weighted by Gasteiger charge is -2.34. The second-order valence-electron chi connectivity index (χ2n) is 3.60. The predicted molar refractivity (Wildman–Crippen MR) is 56.0 cm³/mol. The van der Waals surface area contributed by atoms with Crippen LogP contribution in [-0.2, 0) is 0 Å². The second-order valence-corrected chi connectivity index (χ2v) is 3.99. The Morgan fingerprint density at radius 3 is 3.07 bits per heavy atom. The average Bonchev–Trinajstić information content (AvgIpc) is 2.55. The van der Waals surface area contributed by atoms with Gasteiger partial charge in [0.1, 0.15) is 11.3 Å². The van der Waals surface area contributed by atoms with E-state index in [1.807, 2.05) is 4.90 Å². The van der Waals surface area contributed by atoms with Crippen LogP contribution in [0.25, 0.3) is 10.9 Å². The molecule has 4 nitrogen and oxygen atoms in total. The number of alkyl halides is 1. The first kappa shape index (κ1) is 8.91. The van der Waals surface area contributed by atoms with Gasteiger partial charge in [-0.1, -0.05) is 11.6 Å². The first-order valence-electron chi connectivity index (χ1n) is 4.62. The fourth-order valence-electron chi connectivity index (χ4n) is 1.71. The number of pyridine rings is 1. The van der Waals surface area contributed by atoms with Gasteiger partial charge in [0.05, 0.1) is 24.0 Å². The number of hydrogen-bond acceptors (Lipinski definition) is 3. The van der Waals surface area contributed by atoms with E-state index in [4.69, 9.17) is 11.6 Å². The van der Waals surface area contributed by atoms with Crippen LogP contribution >= 0.6 is 11.6 Å². The number of H-pyrrole nitrogens is 1. The molecule has 0 radical (unpaired) electrons. The summed E-state index contributed by atoms with van der Waals surface area (Å²) >= 11 is 5.75. The molecule has 6 heteroatoms. The first-order valence-corrected chi connectivity index (χ1v) is 5.00. The van der Waals surface area contributed by atoms with Crippen LogP contribution in [0.15, 0.2) is 12.3 Å². The summed E-state index contributed by atoms with van der Waals surface area (Å²) in [5.74, 6) is 0.753. The summed E-state index contributed by atoms with van der Waals surface area (Å²) in [7, 11) is 0. The largest absolute Gasteiger partial charge is 0.349 e. The maximum Gasteiger partial charge on any atom is 0.160 e. The number of aromatic amines is 1. The number of hydrogen-bond donors (Lipinski definition) is 1. The summed E-state index contributed by atoms with van der Waals surface area (Å²) in [6, 6.07) is 1.71. The Balaban J connectivity index is 2.05. The Bertz CT molecular complexity index is 506. The number of fused-ring (bicyclic) bond motifs is 1. The van der Waals surface area contributed by atoms with E-state index in [0.29, 0.717) is 18.2 Å². The van der Waals surface area contributed by atoms with Crippen LogP contribution in [-0.4, -0.2) is 34.4 Å². The Kier molecular flexibility index (Phi) is 1.82. The molecule has 0 atom stereocenters. The molecule has 0 amide bonds. The first-order chi connectivity index (χ1) is 7.24. The van der Waals surface area contributed by atoms with E-state index >= 15 is 0 Å². The minimum absolute atomic E-state index is 0.405. The Labute approximate surface area is 90.0 Å². The van der Waals surface area contributed by atoms with E-state index in [1.54, 1.807) is 12.3 Å². The molecule has 2 aromatic rings. The molecule has 0 spiro atoms. The van der Waals surface area contributed by atoms with E-state index in [2.05, 4.69) is 15.2 Å². The van der Waals surface area contributed by atoms with Gasteiger partial charge in [-0.3, -0.25) is 5.10 Å². The van der Waals surface area contributed by atoms with E-state index < -0.39 is 6.17 Å². The van der Waals surface area contributed by atoms with Crippen LogP contribution in [0.3, 0.4) is 0 Å². The van der Waals surface area contributed by atoms with Gasteiger partial charge in [0.2, 0.25) is 0 Å². The fourth-order valence-corrected chi connectivity index (χ4v) is 1.87. The van der Waals surface area contributed by atoms with Gasteiger partial charge in [0.25, 0.3) is 0 Å². The van der Waals surface area contributed by atoms with Crippen molar-refractivity contribution in [1.82, 2.24) is 15.2 Å². The third kappa shape index (κ3) is 1.34. The molecule has 0 bridgehead atoms. The zero-order valence-electron chi connectivity index (χ0n) is 7.74. The normalized spacial score (nSPS) is 17.1. The molecule has 1 aliphatic heterocycles. The van der Waals surface area contributed by atoms with Gasteiger partial charge in [-0.15, -0.1) is 0 Å². The molecular weight excluding hydrogens is 219 g/mol. The summed E-state index contributed by atoms with van der Waals surface area (Å²) in [6.45, 7) is 0.811. The average molecular weight is 227 g/mol. The molecule has 3 rings (SSSR count). The van der Waals surface area contributed by atoms with Crippen molar-refractivity contribution in [2.75, 3.05) is 18.0 Å². The summed E-state index contributed by atoms with van der Waals surface area (Å²) in [4.78, 5) is 5.86. The van der Waals surface area contributed by atoms with E-state index in [0.717, 1.165) is 16.7 Å². The smallest absolute Gasteiger partial charge is 0.160 e. The number of nitrogens with one attached hydrogen (secondary N) is 1. The second kappa shape index (κ2) is 3.06. The van der Waals surface area contributed by atoms with Crippen LogP contribution in [0.5, 0.6) is 0 Å². The van der Waals surface area contributed by atoms with Gasteiger partial charge in [-0.05, 0) is 0 Å². The molecule has 1 saturated heterocycles. The molecule has 0 unspecified atom stereocenters. The molecule has 78 valence electrons. The Hall–Kier alpha value is -1.36. The van der Waals surface area contributed by atoms with Crippen LogP contribution in [0.1, 0.15) is 0 Å². The lowest BCUT2D eigenvalue weighted by atomic mass is 10.2. The lowest BCUT2D eigenvalue weighted by Crippen LogP contribution is -2.48. The highest BCUT2D eigenvalue weighted by atomic mass is 35.5. The van der Waals surface area contributed by atoms with Crippen molar-refractivity contribution in [3.8, 4) is 0 Å². The lowest BCUT2D eigenvalue weighted by molar-refractivity contribution is 0.274. The zero-order valence-corrected chi connectivity index (χ0v) is 8.50. The minimum Gasteiger partial charge on any atom is -0.349 e. The molecule has 1 N–H and O–H groups in total. The summed E-state index contributed by atoms with van der Waals surface area (Å²) in [5, 5.41) is 8.28. The Morgan fingerprint density at radius 1 is 1.53 bits per heavy atom. The van der Waals surface area contributed by atoms with Crippen molar-refractivity contribution < 1.29 is 4.39 Å². The number of halogens is 2. The maximum absolute atomic E-state index is 12.7. The topological polar surface area (TPSA) is 44.8 Å². The number of nitrogens with zero attached hydrogens (tertiary/aromatic N) is 3. The number of rotatable bonds is 1. The summed E-state index contributed by atoms with van der Waals surface area (Å²) in [6.07, 6.45) is 0.916. The molecule has 1 aliphatic rings. The molecule has 3 heterocycles. The predicted octanol–water partition coefficient (Wildman–Crippen LogP) is 1.77. The van der Waals surface area contributed by atoms with Crippen molar-refractivity contribution in [3.05, 3.63) is 17.4 Å². The van der Waals surface area contributed by atoms with Crippen molar-refractivity contribution in [1.29, 1.82) is 0 Å². The van der Waals surface area contributed by atoms with Crippen LogP contribution in [0.2, 0.25) is 5.15 Å². The van der Waals surface area contributed by atoms with Gasteiger partial charge in [-0.2, -0.15) is 5.10 Å². The summed E-state index contributed by atoms with van der Waals surface area (Å²) < 4.78 is 12.7. The van der Waals surface area contributed by atoms with E-state index in [-0.39, 0.29) is 0 Å².